The molecule has 1 N–H and O–H groups in total. The van der Waals surface area contributed by atoms with Crippen LogP contribution in [-0.2, 0) is 21.4 Å². The maximum absolute atomic E-state index is 13.8. The second-order valence-corrected chi connectivity index (χ2v) is 8.34. The molecule has 0 fully saturated rings. The molecule has 0 spiro atoms. The van der Waals surface area contributed by atoms with Crippen molar-refractivity contribution in [2.45, 2.75) is 26.5 Å². The van der Waals surface area contributed by atoms with Crippen LogP contribution in [0, 0.1) is 5.82 Å². The SMILES string of the molecule is CC(C)Oc1ccc(NC(=O)CN(Cc2ccccc2F)S(C)(=O)=O)cc1. The molecule has 0 saturated heterocycles. The Bertz CT molecular complexity index is 883. The first-order valence-corrected chi connectivity index (χ1v) is 10.2. The third-order valence-electron chi connectivity index (χ3n) is 3.60. The van der Waals surface area contributed by atoms with Crippen LogP contribution in [0.5, 0.6) is 5.75 Å². The van der Waals surface area contributed by atoms with E-state index in [0.717, 1.165) is 10.6 Å². The van der Waals surface area contributed by atoms with E-state index in [4.69, 9.17) is 4.74 Å². The van der Waals surface area contributed by atoms with E-state index in [1.807, 2.05) is 13.8 Å². The van der Waals surface area contributed by atoms with Crippen molar-refractivity contribution >= 4 is 21.6 Å². The fraction of sp³-hybridized carbons (Fsp3) is 0.316. The van der Waals surface area contributed by atoms with Crippen molar-refractivity contribution in [3.63, 3.8) is 0 Å². The fourth-order valence-corrected chi connectivity index (χ4v) is 3.08. The lowest BCUT2D eigenvalue weighted by Gasteiger charge is -2.20. The molecule has 2 rings (SSSR count). The molecule has 0 aliphatic heterocycles. The van der Waals surface area contributed by atoms with Crippen LogP contribution >= 0.6 is 0 Å². The van der Waals surface area contributed by atoms with E-state index in [2.05, 4.69) is 5.32 Å². The number of sulfonamides is 1. The average Bonchev–Trinajstić information content (AvgIpc) is 2.56. The number of nitrogens with one attached hydrogen (secondary N) is 1. The number of carbonyl (C=O) groups excluding carboxylic acids is 1. The number of benzene rings is 2. The summed E-state index contributed by atoms with van der Waals surface area (Å²) >= 11 is 0. The summed E-state index contributed by atoms with van der Waals surface area (Å²) in [5.74, 6) is -0.373. The quantitative estimate of drug-likeness (QED) is 0.747. The monoisotopic (exact) mass is 394 g/mol. The Labute approximate surface area is 159 Å². The lowest BCUT2D eigenvalue weighted by Crippen LogP contribution is -2.37. The van der Waals surface area contributed by atoms with Gasteiger partial charge in [0.05, 0.1) is 18.9 Å². The highest BCUT2D eigenvalue weighted by molar-refractivity contribution is 7.88. The number of carbonyl (C=O) groups is 1. The molecule has 0 heterocycles. The zero-order chi connectivity index (χ0) is 20.0. The van der Waals surface area contributed by atoms with Crippen molar-refractivity contribution in [1.82, 2.24) is 4.31 Å². The van der Waals surface area contributed by atoms with Crippen LogP contribution in [0.2, 0.25) is 0 Å². The molecule has 0 radical (unpaired) electrons. The summed E-state index contributed by atoms with van der Waals surface area (Å²) in [7, 11) is -3.70. The van der Waals surface area contributed by atoms with E-state index in [1.165, 1.54) is 18.2 Å². The summed E-state index contributed by atoms with van der Waals surface area (Å²) in [6.07, 6.45) is 1.02. The molecule has 0 unspecified atom stereocenters. The highest BCUT2D eigenvalue weighted by Gasteiger charge is 2.21. The third kappa shape index (κ3) is 6.65. The predicted molar refractivity (Wildman–Crippen MR) is 102 cm³/mol. The molecular formula is C19H23FN2O4S. The van der Waals surface area contributed by atoms with Crippen molar-refractivity contribution in [1.29, 1.82) is 0 Å². The van der Waals surface area contributed by atoms with Gasteiger partial charge in [-0.1, -0.05) is 18.2 Å². The Morgan fingerprint density at radius 1 is 1.15 bits per heavy atom. The molecule has 6 nitrogen and oxygen atoms in total. The van der Waals surface area contributed by atoms with Crippen molar-refractivity contribution in [2.24, 2.45) is 0 Å². The van der Waals surface area contributed by atoms with Gasteiger partial charge in [-0.15, -0.1) is 0 Å². The first-order chi connectivity index (χ1) is 12.6. The molecule has 2 aromatic rings. The number of hydrogen-bond donors (Lipinski definition) is 1. The highest BCUT2D eigenvalue weighted by Crippen LogP contribution is 2.17. The van der Waals surface area contributed by atoms with Crippen LogP contribution in [0.4, 0.5) is 10.1 Å². The summed E-state index contributed by atoms with van der Waals surface area (Å²) in [6, 6.07) is 12.6. The normalized spacial score (nSPS) is 11.6. The molecule has 2 aromatic carbocycles. The van der Waals surface area contributed by atoms with Gasteiger partial charge in [-0.25, -0.2) is 12.8 Å². The molecule has 0 atom stereocenters. The molecule has 0 saturated carbocycles. The molecular weight excluding hydrogens is 371 g/mol. The number of amides is 1. The smallest absolute Gasteiger partial charge is 0.239 e. The predicted octanol–water partition coefficient (Wildman–Crippen LogP) is 3.01. The fourth-order valence-electron chi connectivity index (χ4n) is 2.36. The second-order valence-electron chi connectivity index (χ2n) is 6.36. The molecule has 8 heteroatoms. The number of anilines is 1. The van der Waals surface area contributed by atoms with Gasteiger partial charge in [-0.05, 0) is 44.2 Å². The van der Waals surface area contributed by atoms with Crippen LogP contribution in [-0.4, -0.2) is 37.5 Å². The van der Waals surface area contributed by atoms with Crippen molar-refractivity contribution in [3.05, 3.63) is 59.9 Å². The van der Waals surface area contributed by atoms with Crippen LogP contribution < -0.4 is 10.1 Å². The number of rotatable bonds is 8. The number of ether oxygens (including phenoxy) is 1. The van der Waals surface area contributed by atoms with E-state index < -0.39 is 28.3 Å². The summed E-state index contributed by atoms with van der Waals surface area (Å²) in [6.45, 7) is 3.17. The molecule has 1 amide bonds. The van der Waals surface area contributed by atoms with E-state index >= 15 is 0 Å². The van der Waals surface area contributed by atoms with E-state index in [-0.39, 0.29) is 18.2 Å². The minimum absolute atomic E-state index is 0.0344. The van der Waals surface area contributed by atoms with E-state index in [9.17, 15) is 17.6 Å². The van der Waals surface area contributed by atoms with Gasteiger partial charge < -0.3 is 10.1 Å². The van der Waals surface area contributed by atoms with Crippen LogP contribution in [0.3, 0.4) is 0 Å². The molecule has 146 valence electrons. The van der Waals surface area contributed by atoms with Gasteiger partial charge in [-0.2, -0.15) is 4.31 Å². The summed E-state index contributed by atoms with van der Waals surface area (Å²) in [4.78, 5) is 12.3. The second kappa shape index (κ2) is 8.96. The third-order valence-corrected chi connectivity index (χ3v) is 4.80. The molecule has 0 aliphatic carbocycles. The highest BCUT2D eigenvalue weighted by atomic mass is 32.2. The zero-order valence-electron chi connectivity index (χ0n) is 15.5. The lowest BCUT2D eigenvalue weighted by atomic mass is 10.2. The molecule has 0 bridgehead atoms. The Hall–Kier alpha value is -2.45. The van der Waals surface area contributed by atoms with Gasteiger partial charge in [0.2, 0.25) is 15.9 Å². The van der Waals surface area contributed by atoms with Gasteiger partial charge in [-0.3, -0.25) is 4.79 Å². The van der Waals surface area contributed by atoms with Crippen LogP contribution in [0.1, 0.15) is 19.4 Å². The first kappa shape index (κ1) is 20.9. The topological polar surface area (TPSA) is 75.7 Å². The first-order valence-electron chi connectivity index (χ1n) is 8.40. The maximum Gasteiger partial charge on any atom is 0.239 e. The maximum atomic E-state index is 13.8. The lowest BCUT2D eigenvalue weighted by molar-refractivity contribution is -0.116. The van der Waals surface area contributed by atoms with E-state index in [0.29, 0.717) is 11.4 Å². The Kier molecular flexibility index (Phi) is 6.92. The average molecular weight is 394 g/mol. The number of halogens is 1. The zero-order valence-corrected chi connectivity index (χ0v) is 16.3. The Morgan fingerprint density at radius 2 is 1.78 bits per heavy atom. The summed E-state index contributed by atoms with van der Waals surface area (Å²) < 4.78 is 44.2. The standard InChI is InChI=1S/C19H23FN2O4S/c1-14(2)26-17-10-8-16(9-11-17)21-19(23)13-22(27(3,24)25)12-15-6-4-5-7-18(15)20/h4-11,14H,12-13H2,1-3H3,(H,21,23). The molecule has 0 aliphatic rings. The largest absolute Gasteiger partial charge is 0.491 e. The van der Waals surface area contributed by atoms with Crippen molar-refractivity contribution < 1.29 is 22.3 Å². The summed E-state index contributed by atoms with van der Waals surface area (Å²) in [5, 5.41) is 2.63. The van der Waals surface area contributed by atoms with Gasteiger partial charge in [0, 0.05) is 17.8 Å². The molecule has 27 heavy (non-hydrogen) atoms. The van der Waals surface area contributed by atoms with Gasteiger partial charge in [0.25, 0.3) is 0 Å². The Balaban J connectivity index is 2.04. The summed E-state index contributed by atoms with van der Waals surface area (Å²) in [5.41, 5.74) is 0.710. The van der Waals surface area contributed by atoms with Crippen LogP contribution in [0.15, 0.2) is 48.5 Å². The molecule has 0 aromatic heterocycles. The van der Waals surface area contributed by atoms with Crippen molar-refractivity contribution in [2.75, 3.05) is 18.1 Å². The Morgan fingerprint density at radius 3 is 2.33 bits per heavy atom. The minimum atomic E-state index is -3.70. The van der Waals surface area contributed by atoms with Gasteiger partial charge in [0.15, 0.2) is 0 Å². The van der Waals surface area contributed by atoms with Gasteiger partial charge in [0.1, 0.15) is 11.6 Å². The minimum Gasteiger partial charge on any atom is -0.491 e. The number of hydrogen-bond acceptors (Lipinski definition) is 4. The van der Waals surface area contributed by atoms with Crippen molar-refractivity contribution in [3.8, 4) is 5.75 Å². The van der Waals surface area contributed by atoms with Gasteiger partial charge >= 0.3 is 0 Å². The van der Waals surface area contributed by atoms with Crippen LogP contribution in [0.25, 0.3) is 0 Å². The van der Waals surface area contributed by atoms with E-state index in [1.54, 1.807) is 30.3 Å². The number of nitrogens with zero attached hydrogens (tertiary/aromatic N) is 1.